The van der Waals surface area contributed by atoms with Gasteiger partial charge in [-0.05, 0) is 55.4 Å². The molecule has 0 heterocycles. The van der Waals surface area contributed by atoms with Crippen LogP contribution in [-0.2, 0) is 19.1 Å². The molecule has 0 aliphatic heterocycles. The molecule has 0 bridgehead atoms. The maximum absolute atomic E-state index is 11.9. The smallest absolute Gasteiger partial charge is 0.303 e. The van der Waals surface area contributed by atoms with E-state index in [2.05, 4.69) is 27.7 Å². The van der Waals surface area contributed by atoms with Gasteiger partial charge in [0.15, 0.2) is 0 Å². The molecule has 0 amide bonds. The number of ether oxygens (including phenoxy) is 2. The molecule has 1 N–H and O–H groups in total. The maximum Gasteiger partial charge on any atom is 0.303 e. The van der Waals surface area contributed by atoms with Crippen molar-refractivity contribution in [2.45, 2.75) is 85.9 Å². The van der Waals surface area contributed by atoms with Crippen LogP contribution in [0.15, 0.2) is 22.8 Å². The van der Waals surface area contributed by atoms with E-state index in [4.69, 9.17) is 9.47 Å². The molecule has 1 fully saturated rings. The summed E-state index contributed by atoms with van der Waals surface area (Å²) in [6.07, 6.45) is 5.50. The van der Waals surface area contributed by atoms with Gasteiger partial charge >= 0.3 is 11.9 Å². The summed E-state index contributed by atoms with van der Waals surface area (Å²) < 4.78 is 10.9. The molecule has 2 unspecified atom stereocenters. The number of aliphatic hydroxyl groups excluding tert-OH is 1. The lowest BCUT2D eigenvalue weighted by Gasteiger charge is -2.51. The first-order chi connectivity index (χ1) is 13.5. The van der Waals surface area contributed by atoms with Gasteiger partial charge in [-0.2, -0.15) is 0 Å². The molecule has 29 heavy (non-hydrogen) atoms. The van der Waals surface area contributed by atoms with Crippen molar-refractivity contribution in [3.63, 3.8) is 0 Å². The van der Waals surface area contributed by atoms with Crippen molar-refractivity contribution in [2.24, 2.45) is 22.7 Å². The molecular weight excluding hydrogens is 368 g/mol. The van der Waals surface area contributed by atoms with E-state index in [0.717, 1.165) is 25.7 Å². The number of carbonyl (C=O) groups is 2. The summed E-state index contributed by atoms with van der Waals surface area (Å²) in [5, 5.41) is 11.3. The number of fused-ring (bicyclic) bond motifs is 3. The van der Waals surface area contributed by atoms with Crippen LogP contribution in [0.5, 0.6) is 0 Å². The van der Waals surface area contributed by atoms with Crippen molar-refractivity contribution in [3.05, 3.63) is 22.8 Å². The van der Waals surface area contributed by atoms with E-state index in [0.29, 0.717) is 17.9 Å². The Labute approximate surface area is 174 Å². The molecule has 1 saturated carbocycles. The Hall–Kier alpha value is -1.62. The van der Waals surface area contributed by atoms with Crippen molar-refractivity contribution in [1.29, 1.82) is 0 Å². The first-order valence-corrected chi connectivity index (χ1v) is 10.9. The average molecular weight is 405 g/mol. The van der Waals surface area contributed by atoms with Gasteiger partial charge in [0.2, 0.25) is 0 Å². The fourth-order valence-electron chi connectivity index (χ4n) is 5.88. The molecular formula is C24H36O5. The standard InChI is InChI=1S/C24H36O5/c1-14(2)18-7-8-23(5)9-10-24(6)19(22(18)23)12-20(29-16(4)26)17(11-21(24)27)13-28-15(3)25/h11,14,19-21,27H,7-10,12-13H2,1-6H3/t19?,20-,21?,23-,24-/m1/s1. The van der Waals surface area contributed by atoms with Crippen LogP contribution in [0.3, 0.4) is 0 Å². The van der Waals surface area contributed by atoms with E-state index >= 15 is 0 Å². The summed E-state index contributed by atoms with van der Waals surface area (Å²) in [5.74, 6) is -0.144. The first kappa shape index (κ1) is 22.1. The van der Waals surface area contributed by atoms with Gasteiger partial charge in [0, 0.05) is 24.8 Å². The second-order valence-corrected chi connectivity index (χ2v) is 10.0. The number of hydrogen-bond donors (Lipinski definition) is 1. The third-order valence-corrected chi connectivity index (χ3v) is 7.66. The van der Waals surface area contributed by atoms with Gasteiger partial charge < -0.3 is 14.6 Å². The highest BCUT2D eigenvalue weighted by Gasteiger charge is 2.55. The second kappa shape index (κ2) is 7.90. The molecule has 0 saturated heterocycles. The predicted molar refractivity (Wildman–Crippen MR) is 111 cm³/mol. The number of carbonyl (C=O) groups excluding carboxylic acids is 2. The Balaban J connectivity index is 2.07. The lowest BCUT2D eigenvalue weighted by molar-refractivity contribution is -0.146. The Morgan fingerprint density at radius 2 is 1.86 bits per heavy atom. The van der Waals surface area contributed by atoms with Crippen LogP contribution >= 0.6 is 0 Å². The molecule has 0 spiro atoms. The zero-order chi connectivity index (χ0) is 21.6. The number of aliphatic hydroxyl groups is 1. The van der Waals surface area contributed by atoms with Crippen molar-refractivity contribution < 1.29 is 24.2 Å². The number of allylic oxidation sites excluding steroid dienone is 2. The topological polar surface area (TPSA) is 72.8 Å². The van der Waals surface area contributed by atoms with E-state index in [1.54, 1.807) is 6.08 Å². The zero-order valence-electron chi connectivity index (χ0n) is 18.7. The summed E-state index contributed by atoms with van der Waals surface area (Å²) in [6, 6.07) is 0. The van der Waals surface area contributed by atoms with Crippen LogP contribution < -0.4 is 0 Å². The van der Waals surface area contributed by atoms with Crippen LogP contribution in [0.4, 0.5) is 0 Å². The van der Waals surface area contributed by atoms with E-state index in [1.165, 1.54) is 25.0 Å². The van der Waals surface area contributed by atoms with Gasteiger partial charge in [0.05, 0.1) is 6.10 Å². The van der Waals surface area contributed by atoms with Gasteiger partial charge in [0.25, 0.3) is 0 Å². The van der Waals surface area contributed by atoms with Crippen molar-refractivity contribution in [2.75, 3.05) is 6.61 Å². The Kier molecular flexibility index (Phi) is 6.01. The predicted octanol–water partition coefficient (Wildman–Crippen LogP) is 4.34. The number of hydrogen-bond acceptors (Lipinski definition) is 5. The SMILES string of the molecule is CC(=O)OCC1=CC(O)[C@]2(C)CC[C@@]3(C)CCC(C(C)C)=C3C2C[C@H]1OC(C)=O. The summed E-state index contributed by atoms with van der Waals surface area (Å²) in [6.45, 7) is 11.8. The lowest BCUT2D eigenvalue weighted by Crippen LogP contribution is -2.46. The van der Waals surface area contributed by atoms with Crippen LogP contribution in [-0.4, -0.2) is 35.9 Å². The summed E-state index contributed by atoms with van der Waals surface area (Å²) in [5.41, 5.74) is 3.52. The summed E-state index contributed by atoms with van der Waals surface area (Å²) >= 11 is 0. The molecule has 3 rings (SSSR count). The van der Waals surface area contributed by atoms with Gasteiger partial charge in [-0.15, -0.1) is 0 Å². The molecule has 0 radical (unpaired) electrons. The third-order valence-electron chi connectivity index (χ3n) is 7.66. The van der Waals surface area contributed by atoms with Crippen LogP contribution in [0, 0.1) is 22.7 Å². The Bertz CT molecular complexity index is 748. The lowest BCUT2D eigenvalue weighted by atomic mass is 9.54. The Morgan fingerprint density at radius 3 is 2.45 bits per heavy atom. The maximum atomic E-state index is 11.9. The van der Waals surface area contributed by atoms with Crippen LogP contribution in [0.2, 0.25) is 0 Å². The average Bonchev–Trinajstić information content (AvgIpc) is 2.93. The molecule has 162 valence electrons. The molecule has 0 aromatic rings. The highest BCUT2D eigenvalue weighted by Crippen LogP contribution is 2.63. The minimum absolute atomic E-state index is 0.0422. The van der Waals surface area contributed by atoms with Crippen LogP contribution in [0.1, 0.15) is 73.6 Å². The van der Waals surface area contributed by atoms with E-state index in [1.807, 2.05) is 0 Å². The minimum Gasteiger partial charge on any atom is -0.461 e. The summed E-state index contributed by atoms with van der Waals surface area (Å²) in [4.78, 5) is 23.2. The number of rotatable bonds is 4. The molecule has 5 atom stereocenters. The molecule has 0 aromatic carbocycles. The van der Waals surface area contributed by atoms with Gasteiger partial charge in [-0.25, -0.2) is 0 Å². The van der Waals surface area contributed by atoms with Gasteiger partial charge in [-0.1, -0.05) is 38.8 Å². The fourth-order valence-corrected chi connectivity index (χ4v) is 5.88. The first-order valence-electron chi connectivity index (χ1n) is 10.9. The van der Waals surface area contributed by atoms with Crippen LogP contribution in [0.25, 0.3) is 0 Å². The van der Waals surface area contributed by atoms with E-state index < -0.39 is 12.2 Å². The Morgan fingerprint density at radius 1 is 1.17 bits per heavy atom. The quantitative estimate of drug-likeness (QED) is 0.557. The number of esters is 2. The van der Waals surface area contributed by atoms with Crippen molar-refractivity contribution in [3.8, 4) is 0 Å². The van der Waals surface area contributed by atoms with Gasteiger partial charge in [-0.3, -0.25) is 9.59 Å². The normalized spacial score (nSPS) is 36.8. The zero-order valence-corrected chi connectivity index (χ0v) is 18.7. The highest BCUT2D eigenvalue weighted by molar-refractivity contribution is 5.67. The fraction of sp³-hybridized carbons (Fsp3) is 0.750. The molecule has 5 nitrogen and oxygen atoms in total. The second-order valence-electron chi connectivity index (χ2n) is 10.0. The highest BCUT2D eigenvalue weighted by atomic mass is 16.6. The van der Waals surface area contributed by atoms with Crippen molar-refractivity contribution in [1.82, 2.24) is 0 Å². The largest absolute Gasteiger partial charge is 0.461 e. The van der Waals surface area contributed by atoms with E-state index in [9.17, 15) is 14.7 Å². The molecule has 5 heteroatoms. The molecule has 0 aromatic heterocycles. The third kappa shape index (κ3) is 4.03. The summed E-state index contributed by atoms with van der Waals surface area (Å²) in [7, 11) is 0. The van der Waals surface area contributed by atoms with Gasteiger partial charge in [0.1, 0.15) is 12.7 Å². The minimum atomic E-state index is -0.676. The molecule has 3 aliphatic rings. The molecule has 3 aliphatic carbocycles. The van der Waals surface area contributed by atoms with E-state index in [-0.39, 0.29) is 35.3 Å². The van der Waals surface area contributed by atoms with Crippen molar-refractivity contribution >= 4 is 11.9 Å². The monoisotopic (exact) mass is 404 g/mol.